The molecule has 0 saturated carbocycles. The second-order valence-corrected chi connectivity index (χ2v) is 6.14. The van der Waals surface area contributed by atoms with Crippen LogP contribution in [0.5, 0.6) is 0 Å². The first-order valence-electron chi connectivity index (χ1n) is 8.43. The smallest absolute Gasteiger partial charge is 0.163 e. The maximum Gasteiger partial charge on any atom is 0.163 e. The van der Waals surface area contributed by atoms with Crippen LogP contribution in [0.2, 0.25) is 0 Å². The standard InChI is InChI=1S/C23H18O2/c24-21(18-11-5-2-6-12-18)16-20(17-9-3-1-4-10-17)23-15-19-13-7-8-14-22(19)25-23/h1-15,20H,16H2. The van der Waals surface area contributed by atoms with Crippen molar-refractivity contribution in [1.82, 2.24) is 0 Å². The van der Waals surface area contributed by atoms with Crippen LogP contribution < -0.4 is 0 Å². The zero-order valence-corrected chi connectivity index (χ0v) is 13.8. The van der Waals surface area contributed by atoms with Gasteiger partial charge in [-0.05, 0) is 17.7 Å². The molecule has 4 aromatic rings. The Hall–Kier alpha value is -3.13. The van der Waals surface area contributed by atoms with Gasteiger partial charge in [0.05, 0.1) is 0 Å². The molecule has 1 heterocycles. The van der Waals surface area contributed by atoms with Gasteiger partial charge >= 0.3 is 0 Å². The molecule has 3 aromatic carbocycles. The van der Waals surface area contributed by atoms with E-state index in [1.807, 2.05) is 78.9 Å². The van der Waals surface area contributed by atoms with Crippen LogP contribution in [-0.2, 0) is 0 Å². The molecule has 0 N–H and O–H groups in total. The third-order valence-electron chi connectivity index (χ3n) is 4.48. The molecule has 0 fully saturated rings. The minimum atomic E-state index is -0.0960. The highest BCUT2D eigenvalue weighted by atomic mass is 16.3. The van der Waals surface area contributed by atoms with Crippen LogP contribution >= 0.6 is 0 Å². The minimum Gasteiger partial charge on any atom is -0.460 e. The normalized spacial score (nSPS) is 12.2. The number of rotatable bonds is 5. The Labute approximate surface area is 146 Å². The van der Waals surface area contributed by atoms with E-state index in [9.17, 15) is 4.79 Å². The Morgan fingerprint density at radius 3 is 2.16 bits per heavy atom. The Kier molecular flexibility index (Phi) is 4.17. The highest BCUT2D eigenvalue weighted by molar-refractivity contribution is 5.96. The minimum absolute atomic E-state index is 0.0960. The van der Waals surface area contributed by atoms with Crippen LogP contribution in [-0.4, -0.2) is 5.78 Å². The molecular formula is C23H18O2. The van der Waals surface area contributed by atoms with Crippen LogP contribution in [0.15, 0.2) is 95.4 Å². The lowest BCUT2D eigenvalue weighted by molar-refractivity contribution is 0.0975. The lowest BCUT2D eigenvalue weighted by atomic mass is 9.89. The Bertz CT molecular complexity index is 951. The average molecular weight is 326 g/mol. The number of carbonyl (C=O) groups is 1. The molecule has 4 rings (SSSR count). The van der Waals surface area contributed by atoms with E-state index in [-0.39, 0.29) is 11.7 Å². The predicted molar refractivity (Wildman–Crippen MR) is 99.9 cm³/mol. The first-order chi connectivity index (χ1) is 12.3. The molecule has 0 radical (unpaired) electrons. The van der Waals surface area contributed by atoms with Gasteiger partial charge in [0.25, 0.3) is 0 Å². The zero-order valence-electron chi connectivity index (χ0n) is 13.8. The second-order valence-electron chi connectivity index (χ2n) is 6.14. The van der Waals surface area contributed by atoms with Crippen molar-refractivity contribution in [2.75, 3.05) is 0 Å². The van der Waals surface area contributed by atoms with Gasteiger partial charge in [0, 0.05) is 23.3 Å². The van der Waals surface area contributed by atoms with Crippen molar-refractivity contribution in [2.24, 2.45) is 0 Å². The fourth-order valence-electron chi connectivity index (χ4n) is 3.17. The van der Waals surface area contributed by atoms with Crippen molar-refractivity contribution in [3.8, 4) is 0 Å². The molecule has 122 valence electrons. The molecule has 0 bridgehead atoms. The molecule has 1 unspecified atom stereocenters. The summed E-state index contributed by atoms with van der Waals surface area (Å²) in [4.78, 5) is 12.8. The summed E-state index contributed by atoms with van der Waals surface area (Å²) in [7, 11) is 0. The predicted octanol–water partition coefficient (Wildman–Crippen LogP) is 5.84. The van der Waals surface area contributed by atoms with E-state index in [2.05, 4.69) is 12.1 Å². The summed E-state index contributed by atoms with van der Waals surface area (Å²) in [6.07, 6.45) is 0.383. The summed E-state index contributed by atoms with van der Waals surface area (Å²) in [6.45, 7) is 0. The second kappa shape index (κ2) is 6.78. The van der Waals surface area contributed by atoms with Crippen LogP contribution in [0, 0.1) is 0 Å². The Balaban J connectivity index is 1.73. The van der Waals surface area contributed by atoms with E-state index in [1.165, 1.54) is 0 Å². The monoisotopic (exact) mass is 326 g/mol. The number of hydrogen-bond donors (Lipinski definition) is 0. The third-order valence-corrected chi connectivity index (χ3v) is 4.48. The van der Waals surface area contributed by atoms with E-state index in [4.69, 9.17) is 4.42 Å². The number of Topliss-reactive ketones (excluding diaryl/α,β-unsaturated/α-hetero) is 1. The van der Waals surface area contributed by atoms with Crippen LogP contribution in [0.25, 0.3) is 11.0 Å². The van der Waals surface area contributed by atoms with Crippen molar-refractivity contribution in [2.45, 2.75) is 12.3 Å². The Morgan fingerprint density at radius 1 is 0.800 bits per heavy atom. The molecule has 0 saturated heterocycles. The van der Waals surface area contributed by atoms with Crippen molar-refractivity contribution in [3.63, 3.8) is 0 Å². The number of fused-ring (bicyclic) bond motifs is 1. The summed E-state index contributed by atoms with van der Waals surface area (Å²) in [6, 6.07) is 29.5. The number of carbonyl (C=O) groups excluding carboxylic acids is 1. The number of furan rings is 1. The summed E-state index contributed by atoms with van der Waals surface area (Å²) >= 11 is 0. The van der Waals surface area contributed by atoms with Gasteiger partial charge in [-0.3, -0.25) is 4.79 Å². The summed E-state index contributed by atoms with van der Waals surface area (Å²) in [5.41, 5.74) is 2.68. The largest absolute Gasteiger partial charge is 0.460 e. The van der Waals surface area contributed by atoms with E-state index < -0.39 is 0 Å². The molecule has 1 atom stereocenters. The molecule has 2 heteroatoms. The van der Waals surface area contributed by atoms with Crippen molar-refractivity contribution in [1.29, 1.82) is 0 Å². The van der Waals surface area contributed by atoms with Gasteiger partial charge in [0.1, 0.15) is 11.3 Å². The molecule has 25 heavy (non-hydrogen) atoms. The number of hydrogen-bond acceptors (Lipinski definition) is 2. The molecule has 0 aliphatic carbocycles. The molecule has 1 aromatic heterocycles. The van der Waals surface area contributed by atoms with Crippen LogP contribution in [0.1, 0.15) is 34.0 Å². The van der Waals surface area contributed by atoms with E-state index in [0.717, 1.165) is 27.9 Å². The van der Waals surface area contributed by atoms with Gasteiger partial charge in [-0.2, -0.15) is 0 Å². The fourth-order valence-corrected chi connectivity index (χ4v) is 3.17. The van der Waals surface area contributed by atoms with E-state index in [1.54, 1.807) is 0 Å². The summed E-state index contributed by atoms with van der Waals surface area (Å²) in [5, 5.41) is 1.06. The van der Waals surface area contributed by atoms with Gasteiger partial charge in [-0.1, -0.05) is 78.9 Å². The molecule has 0 spiro atoms. The maximum atomic E-state index is 12.8. The van der Waals surface area contributed by atoms with Crippen molar-refractivity contribution >= 4 is 16.8 Å². The van der Waals surface area contributed by atoms with E-state index in [0.29, 0.717) is 6.42 Å². The lowest BCUT2D eigenvalue weighted by Gasteiger charge is -2.14. The highest BCUT2D eigenvalue weighted by Gasteiger charge is 2.22. The first kappa shape index (κ1) is 15.4. The van der Waals surface area contributed by atoms with Crippen LogP contribution in [0.3, 0.4) is 0 Å². The molecular weight excluding hydrogens is 308 g/mol. The van der Waals surface area contributed by atoms with Crippen molar-refractivity contribution in [3.05, 3.63) is 108 Å². The van der Waals surface area contributed by atoms with Gasteiger partial charge < -0.3 is 4.42 Å². The molecule has 0 aliphatic rings. The van der Waals surface area contributed by atoms with Gasteiger partial charge in [-0.25, -0.2) is 0 Å². The number of ketones is 1. The van der Waals surface area contributed by atoms with Gasteiger partial charge in [-0.15, -0.1) is 0 Å². The van der Waals surface area contributed by atoms with E-state index >= 15 is 0 Å². The first-order valence-corrected chi connectivity index (χ1v) is 8.43. The summed E-state index contributed by atoms with van der Waals surface area (Å²) in [5.74, 6) is 0.855. The maximum absolute atomic E-state index is 12.8. The van der Waals surface area contributed by atoms with Crippen molar-refractivity contribution < 1.29 is 9.21 Å². The average Bonchev–Trinajstić information content (AvgIpc) is 3.11. The van der Waals surface area contributed by atoms with Gasteiger partial charge in [0.2, 0.25) is 0 Å². The molecule has 2 nitrogen and oxygen atoms in total. The highest BCUT2D eigenvalue weighted by Crippen LogP contribution is 2.33. The topological polar surface area (TPSA) is 30.2 Å². The quantitative estimate of drug-likeness (QED) is 0.431. The molecule has 0 amide bonds. The number of para-hydroxylation sites is 1. The fraction of sp³-hybridized carbons (Fsp3) is 0.0870. The third kappa shape index (κ3) is 3.24. The zero-order chi connectivity index (χ0) is 17.1. The number of benzene rings is 3. The Morgan fingerprint density at radius 2 is 1.44 bits per heavy atom. The molecule has 0 aliphatic heterocycles. The SMILES string of the molecule is O=C(CC(c1ccccc1)c1cc2ccccc2o1)c1ccccc1. The van der Waals surface area contributed by atoms with Gasteiger partial charge in [0.15, 0.2) is 5.78 Å². The van der Waals surface area contributed by atoms with Crippen LogP contribution in [0.4, 0.5) is 0 Å². The summed E-state index contributed by atoms with van der Waals surface area (Å²) < 4.78 is 6.07. The lowest BCUT2D eigenvalue weighted by Crippen LogP contribution is -2.08.